The van der Waals surface area contributed by atoms with Gasteiger partial charge in [0.2, 0.25) is 0 Å². The molecule has 0 saturated carbocycles. The third kappa shape index (κ3) is 4.60. The number of nitrogens with zero attached hydrogens (tertiary/aromatic N) is 1. The average Bonchev–Trinajstić information content (AvgIpc) is 2.85. The molecule has 7 nitrogen and oxygen atoms in total. The van der Waals surface area contributed by atoms with E-state index < -0.39 is 29.7 Å². The minimum atomic E-state index is -0.844. The summed E-state index contributed by atoms with van der Waals surface area (Å²) < 4.78 is 6.56. The van der Waals surface area contributed by atoms with Crippen molar-refractivity contribution in [3.8, 4) is 0 Å². The molecule has 1 aliphatic rings. The van der Waals surface area contributed by atoms with E-state index in [0.29, 0.717) is 0 Å². The minimum Gasteiger partial charge on any atom is -0.394 e. The number of halogens is 3. The van der Waals surface area contributed by atoms with Gasteiger partial charge in [-0.25, -0.2) is 4.79 Å². The van der Waals surface area contributed by atoms with Crippen molar-refractivity contribution in [2.45, 2.75) is 24.9 Å². The van der Waals surface area contributed by atoms with Crippen LogP contribution in [0, 0.1) is 0 Å². The Hall–Kier alpha value is -0.260. The topological polar surface area (TPSA) is 105 Å². The van der Waals surface area contributed by atoms with Gasteiger partial charge in [-0.05, 0) is 11.1 Å². The Morgan fingerprint density at radius 1 is 1.48 bits per heavy atom. The average molecular weight is 493 g/mol. The molecule has 1 aliphatic heterocycles. The van der Waals surface area contributed by atoms with Gasteiger partial charge in [0.1, 0.15) is 12.3 Å². The fraction of sp³-hybridized carbons (Fsp3) is 0.455. The van der Waals surface area contributed by atoms with Gasteiger partial charge in [0.25, 0.3) is 5.56 Å². The van der Waals surface area contributed by atoms with E-state index in [1.54, 1.807) is 0 Å². The van der Waals surface area contributed by atoms with Gasteiger partial charge < -0.3 is 14.9 Å². The Kier molecular flexibility index (Phi) is 8.06. The van der Waals surface area contributed by atoms with Crippen LogP contribution in [0.3, 0.4) is 0 Å². The van der Waals surface area contributed by atoms with Crippen molar-refractivity contribution < 1.29 is 14.9 Å². The van der Waals surface area contributed by atoms with Crippen LogP contribution in [-0.2, 0) is 4.74 Å². The summed E-state index contributed by atoms with van der Waals surface area (Å²) in [6.07, 6.45) is 0.746. The Labute approximate surface area is 143 Å². The van der Waals surface area contributed by atoms with E-state index in [2.05, 4.69) is 49.2 Å². The van der Waals surface area contributed by atoms with Gasteiger partial charge in [-0.2, -0.15) is 0 Å². The van der Waals surface area contributed by atoms with Crippen molar-refractivity contribution >= 4 is 50.3 Å². The Balaban J connectivity index is 0.00000106. The zero-order valence-electron chi connectivity index (χ0n) is 10.6. The lowest BCUT2D eigenvalue weighted by Gasteiger charge is -2.14. The van der Waals surface area contributed by atoms with Gasteiger partial charge in [0.05, 0.1) is 18.3 Å². The lowest BCUT2D eigenvalue weighted by atomic mass is 10.2. The molecule has 21 heavy (non-hydrogen) atoms. The van der Waals surface area contributed by atoms with Crippen LogP contribution in [0.25, 0.3) is 6.08 Å². The molecule has 0 spiro atoms. The number of hydrogen-bond acceptors (Lipinski definition) is 5. The van der Waals surface area contributed by atoms with E-state index in [1.807, 2.05) is 0 Å². The molecular formula is C11H13Br3N2O5. The molecule has 1 aromatic rings. The van der Waals surface area contributed by atoms with Gasteiger partial charge >= 0.3 is 5.69 Å². The van der Waals surface area contributed by atoms with Crippen LogP contribution in [-0.4, -0.2) is 38.6 Å². The number of aromatic amines is 1. The van der Waals surface area contributed by atoms with E-state index in [-0.39, 0.29) is 18.6 Å². The molecule has 1 fully saturated rings. The summed E-state index contributed by atoms with van der Waals surface area (Å²) in [5, 5.41) is 18.7. The summed E-state index contributed by atoms with van der Waals surface area (Å²) >= 11 is 8.55. The molecule has 0 aromatic carbocycles. The molecule has 2 rings (SSSR count). The van der Waals surface area contributed by atoms with Crippen molar-refractivity contribution in [2.24, 2.45) is 0 Å². The molecule has 10 heteroatoms. The second kappa shape index (κ2) is 9.01. The molecule has 0 amide bonds. The van der Waals surface area contributed by atoms with Gasteiger partial charge in [0, 0.05) is 40.9 Å². The second-order valence-electron chi connectivity index (χ2n) is 4.16. The molecule has 2 heterocycles. The Morgan fingerprint density at radius 3 is 2.67 bits per heavy atom. The van der Waals surface area contributed by atoms with Crippen LogP contribution in [0.15, 0.2) is 20.8 Å². The van der Waals surface area contributed by atoms with Gasteiger partial charge in [-0.15, -0.1) is 0 Å². The van der Waals surface area contributed by atoms with E-state index in [1.165, 1.54) is 21.8 Å². The highest BCUT2D eigenvalue weighted by atomic mass is 80.9. The van der Waals surface area contributed by atoms with E-state index in [9.17, 15) is 14.7 Å². The normalized spacial score (nSPS) is 24.9. The zero-order valence-corrected chi connectivity index (χ0v) is 15.3. The van der Waals surface area contributed by atoms with Crippen molar-refractivity contribution in [3.63, 3.8) is 0 Å². The molecule has 0 aliphatic carbocycles. The van der Waals surface area contributed by atoms with Crippen LogP contribution in [0.5, 0.6) is 0 Å². The molecule has 0 bridgehead atoms. The van der Waals surface area contributed by atoms with E-state index in [4.69, 9.17) is 9.84 Å². The predicted molar refractivity (Wildman–Crippen MR) is 88.8 cm³/mol. The first-order chi connectivity index (χ1) is 10.1. The summed E-state index contributed by atoms with van der Waals surface area (Å²) in [6.45, 7) is -0.329. The molecule has 1 aromatic heterocycles. The maximum atomic E-state index is 11.7. The van der Waals surface area contributed by atoms with E-state index in [0.717, 1.165) is 0 Å². The minimum absolute atomic E-state index is 0.175. The van der Waals surface area contributed by atoms with Gasteiger partial charge in [-0.3, -0.25) is 14.3 Å². The molecule has 118 valence electrons. The highest BCUT2D eigenvalue weighted by Crippen LogP contribution is 2.27. The largest absolute Gasteiger partial charge is 0.394 e. The monoisotopic (exact) mass is 490 g/mol. The number of rotatable bonds is 3. The van der Waals surface area contributed by atoms with Crippen LogP contribution in [0.1, 0.15) is 18.2 Å². The molecule has 1 saturated heterocycles. The summed E-state index contributed by atoms with van der Waals surface area (Å²) in [5.74, 6) is 0. The summed E-state index contributed by atoms with van der Waals surface area (Å²) in [6, 6.07) is 0. The van der Waals surface area contributed by atoms with Crippen LogP contribution < -0.4 is 11.2 Å². The molecule has 3 atom stereocenters. The van der Waals surface area contributed by atoms with Gasteiger partial charge in [-0.1, -0.05) is 15.9 Å². The first-order valence-corrected chi connectivity index (χ1v) is 10.4. The lowest BCUT2D eigenvalue weighted by Crippen LogP contribution is -2.33. The number of aliphatic hydroxyl groups is 2. The van der Waals surface area contributed by atoms with Crippen LogP contribution in [0.2, 0.25) is 0 Å². The second-order valence-corrected chi connectivity index (χ2v) is 4.69. The number of H-pyrrole nitrogens is 1. The highest BCUT2D eigenvalue weighted by Gasteiger charge is 2.35. The fourth-order valence-electron chi connectivity index (χ4n) is 1.95. The zero-order chi connectivity index (χ0) is 16.0. The van der Waals surface area contributed by atoms with Crippen molar-refractivity contribution in [3.05, 3.63) is 37.6 Å². The Morgan fingerprint density at radius 2 is 2.14 bits per heavy atom. The standard InChI is InChI=1S/C11H13BrN2O5.Br2/c12-2-1-6-4-14(11(18)13-10(6)17)9-3-7(16)8(5-15)19-9;1-2/h1-2,4,7-9,15-16H,3,5H2,(H,13,17,18);/b2-1+;/t7-,8+,9+;/m0./s1. The van der Waals surface area contributed by atoms with Crippen LogP contribution in [0.4, 0.5) is 0 Å². The SMILES string of the molecule is BrBr.O=c1[nH]c(=O)n([C@H]2C[C@H](O)[C@@H](CO)O2)cc1/C=C/Br. The van der Waals surface area contributed by atoms with Gasteiger partial charge in [0.15, 0.2) is 0 Å². The number of ether oxygens (including phenoxy) is 1. The first kappa shape index (κ1) is 18.8. The highest BCUT2D eigenvalue weighted by molar-refractivity contribution is 9.93. The Bertz CT molecular complexity index is 600. The maximum Gasteiger partial charge on any atom is 0.330 e. The molecule has 3 N–H and O–H groups in total. The summed E-state index contributed by atoms with van der Waals surface area (Å²) in [5.41, 5.74) is -0.844. The predicted octanol–water partition coefficient (Wildman–Crippen LogP) is 1.23. The van der Waals surface area contributed by atoms with Crippen molar-refractivity contribution in [1.82, 2.24) is 9.55 Å². The third-order valence-corrected chi connectivity index (χ3v) is 3.20. The number of aliphatic hydroxyl groups excluding tert-OH is 2. The molecule has 0 radical (unpaired) electrons. The fourth-order valence-corrected chi connectivity index (χ4v) is 2.24. The number of nitrogens with one attached hydrogen (secondary N) is 1. The molecular weight excluding hydrogens is 480 g/mol. The third-order valence-electron chi connectivity index (χ3n) is 2.93. The quantitative estimate of drug-likeness (QED) is 0.589. The summed E-state index contributed by atoms with van der Waals surface area (Å²) in [4.78, 5) is 26.9. The smallest absolute Gasteiger partial charge is 0.330 e. The van der Waals surface area contributed by atoms with Crippen molar-refractivity contribution in [1.29, 1.82) is 0 Å². The molecule has 0 unspecified atom stereocenters. The lowest BCUT2D eigenvalue weighted by molar-refractivity contribution is -0.0459. The van der Waals surface area contributed by atoms with Crippen molar-refractivity contribution in [2.75, 3.05) is 6.61 Å². The number of aromatic nitrogens is 2. The van der Waals surface area contributed by atoms with E-state index >= 15 is 0 Å². The maximum absolute atomic E-state index is 11.7. The number of hydrogen-bond donors (Lipinski definition) is 3. The first-order valence-electron chi connectivity index (χ1n) is 5.77. The van der Waals surface area contributed by atoms with Crippen LogP contribution >= 0.6 is 44.2 Å². The summed E-state index contributed by atoms with van der Waals surface area (Å²) in [7, 11) is 0.